The molecule has 1 unspecified atom stereocenters. The maximum absolute atomic E-state index is 11.8. The third-order valence-electron chi connectivity index (χ3n) is 7.53. The number of benzene rings is 3. The Morgan fingerprint density at radius 2 is 1.76 bits per heavy atom. The number of aliphatic hydroxyl groups is 1. The van der Waals surface area contributed by atoms with Gasteiger partial charge in [-0.05, 0) is 70.8 Å². The molecule has 4 N–H and O–H groups in total. The second kappa shape index (κ2) is 9.89. The number of hydrogen-bond donors (Lipinski definition) is 4. The molecule has 6 rings (SSSR count). The smallest absolute Gasteiger partial charge is 0.248 e. The molecule has 38 heavy (non-hydrogen) atoms. The predicted molar refractivity (Wildman–Crippen MR) is 149 cm³/mol. The molecule has 5 aromatic rings. The third kappa shape index (κ3) is 4.84. The van der Waals surface area contributed by atoms with Crippen LogP contribution in [0.15, 0.2) is 102 Å². The summed E-state index contributed by atoms with van der Waals surface area (Å²) in [7, 11) is 0. The molecule has 0 amide bonds. The lowest BCUT2D eigenvalue weighted by Gasteiger charge is -2.32. The molecule has 1 aliphatic carbocycles. The van der Waals surface area contributed by atoms with Crippen LogP contribution in [0.5, 0.6) is 5.75 Å². The van der Waals surface area contributed by atoms with Crippen molar-refractivity contribution in [3.05, 3.63) is 130 Å². The number of β-amino-alcohol motifs (C(OH)–C–C–N with tert-alkyl or cyclic N) is 1. The Bertz CT molecular complexity index is 1650. The van der Waals surface area contributed by atoms with Gasteiger partial charge in [0.05, 0.1) is 11.6 Å². The first-order valence-electron chi connectivity index (χ1n) is 12.8. The summed E-state index contributed by atoms with van der Waals surface area (Å²) in [6.07, 6.45) is 5.26. The molecule has 0 saturated heterocycles. The third-order valence-corrected chi connectivity index (χ3v) is 7.53. The number of nitrogens with one attached hydrogen (secondary N) is 2. The van der Waals surface area contributed by atoms with E-state index in [0.717, 1.165) is 30.4 Å². The molecule has 6 heteroatoms. The molecule has 0 bridgehead atoms. The van der Waals surface area contributed by atoms with Crippen molar-refractivity contribution in [1.29, 1.82) is 0 Å². The fourth-order valence-corrected chi connectivity index (χ4v) is 5.75. The van der Waals surface area contributed by atoms with E-state index in [1.165, 1.54) is 28.8 Å². The van der Waals surface area contributed by atoms with Crippen LogP contribution in [0.1, 0.15) is 28.4 Å². The van der Waals surface area contributed by atoms with E-state index in [1.807, 2.05) is 18.3 Å². The number of aromatic hydroxyl groups is 1. The maximum atomic E-state index is 11.8. The van der Waals surface area contributed by atoms with E-state index in [0.29, 0.717) is 23.0 Å². The number of nitrogens with zero attached hydrogens (tertiary/aromatic N) is 1. The second-order valence-corrected chi connectivity index (χ2v) is 10.2. The van der Waals surface area contributed by atoms with Gasteiger partial charge in [-0.15, -0.1) is 0 Å². The van der Waals surface area contributed by atoms with Crippen molar-refractivity contribution in [1.82, 2.24) is 15.3 Å². The average molecular weight is 504 g/mol. The van der Waals surface area contributed by atoms with E-state index in [2.05, 4.69) is 63.8 Å². The monoisotopic (exact) mass is 503 g/mol. The molecular weight excluding hydrogens is 474 g/mol. The number of hydrogen-bond acceptors (Lipinski definition) is 5. The zero-order valence-corrected chi connectivity index (χ0v) is 20.9. The van der Waals surface area contributed by atoms with E-state index < -0.39 is 6.10 Å². The van der Waals surface area contributed by atoms with Crippen molar-refractivity contribution >= 4 is 10.9 Å². The minimum absolute atomic E-state index is 0.00333. The molecule has 0 saturated carbocycles. The Hall–Kier alpha value is -4.26. The topological polar surface area (TPSA) is 98.2 Å². The standard InChI is InChI=1S/C32H29N3O3/c36-26-14-28(27-10-11-31(38)35-29(27)15-26)30(37)20-34-32(16-21-5-2-1-3-6-21)17-23-9-8-22(13-25(23)18-32)24-7-4-12-33-19-24/h1-15,19,30,34,36-37H,16-18,20H2,(H,35,38)/t30-,32?/m0/s1. The number of fused-ring (bicyclic) bond motifs is 2. The van der Waals surface area contributed by atoms with Crippen molar-refractivity contribution in [2.45, 2.75) is 30.9 Å². The van der Waals surface area contributed by atoms with Crippen LogP contribution in [-0.4, -0.2) is 32.3 Å². The average Bonchev–Trinajstić information content (AvgIpc) is 3.29. The Labute approximate surface area is 220 Å². The summed E-state index contributed by atoms with van der Waals surface area (Å²) in [5.74, 6) is 0.00333. The highest BCUT2D eigenvalue weighted by Gasteiger charge is 2.37. The summed E-state index contributed by atoms with van der Waals surface area (Å²) >= 11 is 0. The highest BCUT2D eigenvalue weighted by atomic mass is 16.3. The van der Waals surface area contributed by atoms with Gasteiger partial charge < -0.3 is 20.5 Å². The minimum Gasteiger partial charge on any atom is -0.508 e. The van der Waals surface area contributed by atoms with Gasteiger partial charge in [-0.25, -0.2) is 0 Å². The highest BCUT2D eigenvalue weighted by Crippen LogP contribution is 2.36. The van der Waals surface area contributed by atoms with Gasteiger partial charge in [0.1, 0.15) is 5.75 Å². The number of H-pyrrole nitrogens is 1. The van der Waals surface area contributed by atoms with E-state index in [4.69, 9.17) is 0 Å². The van der Waals surface area contributed by atoms with Crippen LogP contribution in [0.3, 0.4) is 0 Å². The molecule has 0 spiro atoms. The van der Waals surface area contributed by atoms with Gasteiger partial charge in [-0.3, -0.25) is 9.78 Å². The lowest BCUT2D eigenvalue weighted by atomic mass is 9.87. The van der Waals surface area contributed by atoms with E-state index in [1.54, 1.807) is 18.3 Å². The summed E-state index contributed by atoms with van der Waals surface area (Å²) < 4.78 is 0. The fourth-order valence-electron chi connectivity index (χ4n) is 5.75. The summed E-state index contributed by atoms with van der Waals surface area (Å²) in [6, 6.07) is 27.3. The van der Waals surface area contributed by atoms with Gasteiger partial charge in [-0.2, -0.15) is 0 Å². The molecular formula is C32H29N3O3. The zero-order chi connectivity index (χ0) is 26.1. The van der Waals surface area contributed by atoms with Gasteiger partial charge in [0.2, 0.25) is 5.56 Å². The van der Waals surface area contributed by atoms with Crippen LogP contribution in [0.25, 0.3) is 22.0 Å². The SMILES string of the molecule is O=c1ccc2c([C@@H](O)CNC3(Cc4ccccc4)Cc4ccc(-c5cccnc5)cc4C3)cc(O)cc2[nH]1. The van der Waals surface area contributed by atoms with Gasteiger partial charge >= 0.3 is 0 Å². The molecule has 2 aromatic heterocycles. The minimum atomic E-state index is -0.877. The normalized spacial score (nSPS) is 17.4. The van der Waals surface area contributed by atoms with E-state index >= 15 is 0 Å². The maximum Gasteiger partial charge on any atom is 0.248 e. The molecule has 6 nitrogen and oxygen atoms in total. The first kappa shape index (κ1) is 24.1. The van der Waals surface area contributed by atoms with E-state index in [-0.39, 0.29) is 16.8 Å². The Kier molecular flexibility index (Phi) is 6.27. The van der Waals surface area contributed by atoms with Crippen molar-refractivity contribution in [3.63, 3.8) is 0 Å². The molecule has 190 valence electrons. The lowest BCUT2D eigenvalue weighted by molar-refractivity contribution is 0.157. The summed E-state index contributed by atoms with van der Waals surface area (Å²) in [4.78, 5) is 18.8. The molecule has 0 fully saturated rings. The quantitative estimate of drug-likeness (QED) is 0.258. The lowest BCUT2D eigenvalue weighted by Crippen LogP contribution is -2.49. The van der Waals surface area contributed by atoms with Crippen LogP contribution >= 0.6 is 0 Å². The van der Waals surface area contributed by atoms with Gasteiger partial charge in [0.15, 0.2) is 0 Å². The van der Waals surface area contributed by atoms with Gasteiger partial charge in [-0.1, -0.05) is 54.6 Å². The highest BCUT2D eigenvalue weighted by molar-refractivity contribution is 5.84. The first-order chi connectivity index (χ1) is 18.5. The zero-order valence-electron chi connectivity index (χ0n) is 20.9. The van der Waals surface area contributed by atoms with Crippen molar-refractivity contribution in [3.8, 4) is 16.9 Å². The molecule has 3 aromatic carbocycles. The summed E-state index contributed by atoms with van der Waals surface area (Å²) in [5, 5.41) is 26.0. The van der Waals surface area contributed by atoms with Crippen LogP contribution in [0, 0.1) is 0 Å². The molecule has 2 heterocycles. The summed E-state index contributed by atoms with van der Waals surface area (Å²) in [5.41, 5.74) is 6.61. The van der Waals surface area contributed by atoms with Crippen LogP contribution < -0.4 is 10.9 Å². The Balaban J connectivity index is 1.30. The number of aromatic nitrogens is 2. The van der Waals surface area contributed by atoms with Crippen LogP contribution in [0.4, 0.5) is 0 Å². The number of pyridine rings is 2. The van der Waals surface area contributed by atoms with Crippen LogP contribution in [0.2, 0.25) is 0 Å². The number of phenols is 1. The molecule has 0 radical (unpaired) electrons. The van der Waals surface area contributed by atoms with Gasteiger partial charge in [0, 0.05) is 42.0 Å². The molecule has 1 aliphatic rings. The van der Waals surface area contributed by atoms with Crippen molar-refractivity contribution in [2.24, 2.45) is 0 Å². The number of aliphatic hydroxyl groups excluding tert-OH is 1. The van der Waals surface area contributed by atoms with Gasteiger partial charge in [0.25, 0.3) is 0 Å². The summed E-state index contributed by atoms with van der Waals surface area (Å²) in [6.45, 7) is 0.300. The Morgan fingerprint density at radius 1 is 0.921 bits per heavy atom. The number of rotatable bonds is 7. The second-order valence-electron chi connectivity index (χ2n) is 10.2. The van der Waals surface area contributed by atoms with Crippen molar-refractivity contribution in [2.75, 3.05) is 6.54 Å². The first-order valence-corrected chi connectivity index (χ1v) is 12.8. The number of phenolic OH excluding ortho intramolecular Hbond substituents is 1. The largest absolute Gasteiger partial charge is 0.508 e. The van der Waals surface area contributed by atoms with Crippen molar-refractivity contribution < 1.29 is 10.2 Å². The molecule has 0 aliphatic heterocycles. The predicted octanol–water partition coefficient (Wildman–Crippen LogP) is 4.70. The number of aromatic amines is 1. The molecule has 2 atom stereocenters. The fraction of sp³-hybridized carbons (Fsp3) is 0.188. The van der Waals surface area contributed by atoms with E-state index in [9.17, 15) is 15.0 Å². The van der Waals surface area contributed by atoms with Crippen LogP contribution in [-0.2, 0) is 19.3 Å². The Morgan fingerprint density at radius 3 is 2.58 bits per heavy atom.